The zero-order valence-corrected chi connectivity index (χ0v) is 19.8. The molecule has 2 unspecified atom stereocenters. The van der Waals surface area contributed by atoms with Gasteiger partial charge in [-0.3, -0.25) is 9.80 Å². The molecule has 1 fully saturated rings. The van der Waals surface area contributed by atoms with E-state index < -0.39 is 36.2 Å². The van der Waals surface area contributed by atoms with Gasteiger partial charge in [0.15, 0.2) is 0 Å². The van der Waals surface area contributed by atoms with Gasteiger partial charge in [0.05, 0.1) is 25.3 Å². The van der Waals surface area contributed by atoms with Crippen LogP contribution in [0.5, 0.6) is 11.5 Å². The molecule has 11 heteroatoms. The van der Waals surface area contributed by atoms with Crippen molar-refractivity contribution in [1.29, 1.82) is 0 Å². The Morgan fingerprint density at radius 1 is 1.14 bits per heavy atom. The van der Waals surface area contributed by atoms with E-state index in [0.717, 1.165) is 5.01 Å². The van der Waals surface area contributed by atoms with E-state index in [1.807, 2.05) is 4.90 Å². The number of para-hydroxylation sites is 1. The monoisotopic (exact) mass is 509 g/mol. The van der Waals surface area contributed by atoms with Gasteiger partial charge in [-0.15, -0.1) is 0 Å². The number of halogens is 4. The fraction of sp³-hybridized carbons (Fsp3) is 0.440. The molecule has 0 aromatic heterocycles. The summed E-state index contributed by atoms with van der Waals surface area (Å²) in [4.78, 5) is 13.2. The van der Waals surface area contributed by atoms with Gasteiger partial charge in [0.1, 0.15) is 34.8 Å². The number of nitrogens with zero attached hydrogens (tertiary/aromatic N) is 3. The minimum Gasteiger partial charge on any atom is -0.494 e. The molecule has 194 valence electrons. The minimum atomic E-state index is -4.64. The van der Waals surface area contributed by atoms with Crippen LogP contribution in [0.2, 0.25) is 0 Å². The number of carboxylic acids is 1. The fourth-order valence-corrected chi connectivity index (χ4v) is 4.72. The lowest BCUT2D eigenvalue weighted by Crippen LogP contribution is -2.39. The maximum absolute atomic E-state index is 14.4. The number of hydrogen-bond acceptors (Lipinski definition) is 6. The molecule has 2 aromatic carbocycles. The van der Waals surface area contributed by atoms with Gasteiger partial charge in [-0.2, -0.15) is 18.3 Å². The number of piperidine rings is 1. The molecule has 0 aliphatic carbocycles. The van der Waals surface area contributed by atoms with Crippen molar-refractivity contribution in [2.24, 2.45) is 11.0 Å². The zero-order chi connectivity index (χ0) is 26.0. The summed E-state index contributed by atoms with van der Waals surface area (Å²) in [6.45, 7) is 2.47. The van der Waals surface area contributed by atoms with Crippen molar-refractivity contribution in [2.45, 2.75) is 44.5 Å². The van der Waals surface area contributed by atoms with Crippen molar-refractivity contribution in [3.05, 3.63) is 48.3 Å². The molecule has 0 radical (unpaired) electrons. The van der Waals surface area contributed by atoms with E-state index in [1.54, 1.807) is 36.4 Å². The topological polar surface area (TPSA) is 74.6 Å². The van der Waals surface area contributed by atoms with Gasteiger partial charge < -0.3 is 19.5 Å². The number of hydrogen-bond donors (Lipinski definition) is 1. The van der Waals surface area contributed by atoms with E-state index in [9.17, 15) is 27.5 Å². The van der Waals surface area contributed by atoms with Crippen LogP contribution in [0.1, 0.15) is 26.2 Å². The average Bonchev–Trinajstić information content (AvgIpc) is 3.16. The summed E-state index contributed by atoms with van der Waals surface area (Å²) in [7, 11) is 1.50. The van der Waals surface area contributed by atoms with E-state index in [0.29, 0.717) is 48.8 Å². The Morgan fingerprint density at radius 2 is 1.81 bits per heavy atom. The van der Waals surface area contributed by atoms with Crippen LogP contribution >= 0.6 is 0 Å². The number of carboxylic acid groups (broad SMARTS) is 1. The van der Waals surface area contributed by atoms with Crippen LogP contribution in [0.3, 0.4) is 0 Å². The van der Waals surface area contributed by atoms with E-state index >= 15 is 0 Å². The highest BCUT2D eigenvalue weighted by Gasteiger charge is 2.48. The van der Waals surface area contributed by atoms with Crippen LogP contribution < -0.4 is 19.4 Å². The van der Waals surface area contributed by atoms with Gasteiger partial charge in [0, 0.05) is 31.8 Å². The second-order valence-electron chi connectivity index (χ2n) is 8.87. The summed E-state index contributed by atoms with van der Waals surface area (Å²) in [6.07, 6.45) is -3.96. The lowest BCUT2D eigenvalue weighted by Gasteiger charge is -2.34. The molecule has 4 rings (SSSR count). The normalized spacial score (nSPS) is 20.9. The van der Waals surface area contributed by atoms with Gasteiger partial charge in [0.2, 0.25) is 0 Å². The number of alkyl halides is 3. The van der Waals surface area contributed by atoms with Crippen LogP contribution in [0.25, 0.3) is 0 Å². The van der Waals surface area contributed by atoms with Crippen LogP contribution in [-0.2, 0) is 4.79 Å². The number of rotatable bonds is 7. The van der Waals surface area contributed by atoms with Crippen molar-refractivity contribution in [3.63, 3.8) is 0 Å². The number of anilines is 2. The lowest BCUT2D eigenvalue weighted by molar-refractivity contribution is -0.137. The van der Waals surface area contributed by atoms with E-state index in [1.165, 1.54) is 20.1 Å². The molecule has 0 saturated carbocycles. The molecule has 1 N–H and O–H groups in total. The minimum absolute atomic E-state index is 0.119. The van der Waals surface area contributed by atoms with Crippen LogP contribution in [-0.4, -0.2) is 55.3 Å². The molecular formula is C25H27F4N3O4. The molecule has 0 amide bonds. The Hall–Kier alpha value is -3.50. The highest BCUT2D eigenvalue weighted by atomic mass is 19.4. The van der Waals surface area contributed by atoms with Crippen molar-refractivity contribution in [3.8, 4) is 11.5 Å². The Morgan fingerprint density at radius 3 is 2.39 bits per heavy atom. The predicted molar refractivity (Wildman–Crippen MR) is 126 cm³/mol. The van der Waals surface area contributed by atoms with Gasteiger partial charge in [0.25, 0.3) is 0 Å². The molecule has 7 nitrogen and oxygen atoms in total. The van der Waals surface area contributed by atoms with Crippen molar-refractivity contribution >= 4 is 23.1 Å². The summed E-state index contributed by atoms with van der Waals surface area (Å²) in [5, 5.41) is 14.1. The maximum atomic E-state index is 14.4. The first-order chi connectivity index (χ1) is 17.1. The standard InChI is InChI=1S/C25H27F4N3O4/c1-15-20(14-22(33)34)32(30-24(15)25(27,28)29)16-6-8-17(9-7-16)36-18-10-12-31(13-11-18)23-19(26)4-3-5-21(23)35-2/h3-9,15,18,20H,10-14H2,1-2H3,(H,33,34). The van der Waals surface area contributed by atoms with Gasteiger partial charge >= 0.3 is 12.1 Å². The SMILES string of the molecule is COc1cccc(F)c1N1CCC(Oc2ccc(N3N=C(C(F)(F)F)C(C)C3CC(=O)O)cc2)CC1. The second kappa shape index (κ2) is 10.2. The Kier molecular flexibility index (Phi) is 7.28. The molecule has 0 bridgehead atoms. The molecule has 1 saturated heterocycles. The molecule has 0 spiro atoms. The largest absolute Gasteiger partial charge is 0.494 e. The Balaban J connectivity index is 1.42. The number of ether oxygens (including phenoxy) is 2. The molecule has 2 heterocycles. The third-order valence-corrected chi connectivity index (χ3v) is 6.54. The van der Waals surface area contributed by atoms with Crippen LogP contribution in [0, 0.1) is 11.7 Å². The highest BCUT2D eigenvalue weighted by Crippen LogP contribution is 2.37. The zero-order valence-electron chi connectivity index (χ0n) is 19.8. The van der Waals surface area contributed by atoms with Crippen LogP contribution in [0.4, 0.5) is 28.9 Å². The predicted octanol–water partition coefficient (Wildman–Crippen LogP) is 5.10. The maximum Gasteiger partial charge on any atom is 0.431 e. The number of benzene rings is 2. The average molecular weight is 510 g/mol. The number of aliphatic carboxylic acids is 1. The summed E-state index contributed by atoms with van der Waals surface area (Å²) in [5.41, 5.74) is -0.217. The first-order valence-corrected chi connectivity index (χ1v) is 11.6. The number of methoxy groups -OCH3 is 1. The molecule has 2 aliphatic rings. The van der Waals surface area contributed by atoms with Gasteiger partial charge in [-0.1, -0.05) is 13.0 Å². The Labute approximate surface area is 205 Å². The van der Waals surface area contributed by atoms with E-state index in [-0.39, 0.29) is 11.9 Å². The number of carbonyl (C=O) groups is 1. The molecular weight excluding hydrogens is 482 g/mol. The van der Waals surface area contributed by atoms with Gasteiger partial charge in [-0.25, -0.2) is 4.39 Å². The Bertz CT molecular complexity index is 1120. The summed E-state index contributed by atoms with van der Waals surface area (Å²) < 4.78 is 65.9. The smallest absolute Gasteiger partial charge is 0.431 e. The third kappa shape index (κ3) is 5.34. The fourth-order valence-electron chi connectivity index (χ4n) is 4.72. The van der Waals surface area contributed by atoms with E-state index in [2.05, 4.69) is 5.10 Å². The van der Waals surface area contributed by atoms with Crippen molar-refractivity contribution < 1.29 is 36.9 Å². The van der Waals surface area contributed by atoms with Crippen LogP contribution in [0.15, 0.2) is 47.6 Å². The molecule has 36 heavy (non-hydrogen) atoms. The molecule has 2 atom stereocenters. The first kappa shape index (κ1) is 25.6. The second-order valence-corrected chi connectivity index (χ2v) is 8.87. The summed E-state index contributed by atoms with van der Waals surface area (Å²) in [6, 6.07) is 10.1. The molecule has 2 aromatic rings. The highest BCUT2D eigenvalue weighted by molar-refractivity contribution is 5.95. The third-order valence-electron chi connectivity index (χ3n) is 6.54. The van der Waals surface area contributed by atoms with Gasteiger partial charge in [-0.05, 0) is 36.4 Å². The first-order valence-electron chi connectivity index (χ1n) is 11.6. The molecule has 2 aliphatic heterocycles. The van der Waals surface area contributed by atoms with Crippen molar-refractivity contribution in [2.75, 3.05) is 30.1 Å². The lowest BCUT2D eigenvalue weighted by atomic mass is 9.94. The summed E-state index contributed by atoms with van der Waals surface area (Å²) >= 11 is 0. The van der Waals surface area contributed by atoms with Crippen molar-refractivity contribution in [1.82, 2.24) is 0 Å². The number of hydrazone groups is 1. The van der Waals surface area contributed by atoms with E-state index in [4.69, 9.17) is 9.47 Å². The quantitative estimate of drug-likeness (QED) is 0.524. The summed E-state index contributed by atoms with van der Waals surface area (Å²) in [5.74, 6) is -1.63.